The number of aliphatic carboxylic acids is 1. The molecular weight excluding hydrogens is 729 g/mol. The van der Waals surface area contributed by atoms with E-state index in [4.69, 9.17) is 29.4 Å². The van der Waals surface area contributed by atoms with Gasteiger partial charge in [0.25, 0.3) is 0 Å². The second kappa shape index (κ2) is 40.6. The van der Waals surface area contributed by atoms with E-state index in [0.29, 0.717) is 19.4 Å². The van der Waals surface area contributed by atoms with E-state index in [9.17, 15) is 19.0 Å². The number of ether oxygens (including phenoxy) is 2. The molecule has 0 aromatic carbocycles. The molecule has 322 valence electrons. The Morgan fingerprint density at radius 3 is 1.57 bits per heavy atom. The summed E-state index contributed by atoms with van der Waals surface area (Å²) < 4.78 is 33.3. The second-order valence-electron chi connectivity index (χ2n) is 14.1. The lowest BCUT2D eigenvalue weighted by molar-refractivity contribution is -0.154. The summed E-state index contributed by atoms with van der Waals surface area (Å²) in [4.78, 5) is 33.5. The molecule has 0 fully saturated rings. The maximum Gasteiger partial charge on any atom is 0.472 e. The number of carbonyl (C=O) groups excluding carboxylic acids is 1. The molecule has 3 unspecified atom stereocenters. The zero-order valence-corrected chi connectivity index (χ0v) is 35.8. The molecule has 0 aliphatic rings. The summed E-state index contributed by atoms with van der Waals surface area (Å²) in [5.74, 6) is -1.85. The molecule has 0 spiro atoms. The number of allylic oxidation sites excluding steroid dienone is 12. The average molecular weight is 808 g/mol. The number of esters is 1. The summed E-state index contributed by atoms with van der Waals surface area (Å²) in [6.07, 6.45) is 49.6. The molecule has 0 bridgehead atoms. The van der Waals surface area contributed by atoms with E-state index in [1.165, 1.54) is 70.6 Å². The predicted octanol–water partition coefficient (Wildman–Crippen LogP) is 11.8. The third-order valence-electron chi connectivity index (χ3n) is 8.72. The minimum absolute atomic E-state index is 0.0135. The van der Waals surface area contributed by atoms with Gasteiger partial charge in [0.15, 0.2) is 0 Å². The Morgan fingerprint density at radius 1 is 0.589 bits per heavy atom. The van der Waals surface area contributed by atoms with Crippen LogP contribution in [0.3, 0.4) is 0 Å². The van der Waals surface area contributed by atoms with E-state index in [1.54, 1.807) is 0 Å². The number of rotatable bonds is 40. The lowest BCUT2D eigenvalue weighted by Crippen LogP contribution is -2.34. The van der Waals surface area contributed by atoms with Crippen molar-refractivity contribution in [3.8, 4) is 0 Å². The highest BCUT2D eigenvalue weighted by Crippen LogP contribution is 2.43. The van der Waals surface area contributed by atoms with Crippen LogP contribution in [-0.4, -0.2) is 60.5 Å². The largest absolute Gasteiger partial charge is 0.480 e. The highest BCUT2D eigenvalue weighted by Gasteiger charge is 2.27. The Labute approximate surface area is 340 Å². The van der Waals surface area contributed by atoms with Gasteiger partial charge >= 0.3 is 19.8 Å². The highest BCUT2D eigenvalue weighted by molar-refractivity contribution is 7.47. The number of carboxylic acids is 1. The first-order valence-electron chi connectivity index (χ1n) is 21.5. The molecule has 0 aliphatic heterocycles. The zero-order chi connectivity index (χ0) is 41.2. The SMILES string of the molecule is CC/C=C\C/C=C\C/C=C\C/C=C\C/C=C\CCCC(=O)OC(COCCCCCCCC/C=C\CCCCCCCCC)COP(=O)(O)OCC(N)C(=O)O. The van der Waals surface area contributed by atoms with Crippen LogP contribution in [0.4, 0.5) is 0 Å². The molecule has 11 heteroatoms. The number of phosphoric ester groups is 1. The number of hydrogen-bond acceptors (Lipinski definition) is 8. The van der Waals surface area contributed by atoms with Crippen LogP contribution in [0.25, 0.3) is 0 Å². The van der Waals surface area contributed by atoms with E-state index >= 15 is 0 Å². The Bertz CT molecular complexity index is 1160. The van der Waals surface area contributed by atoms with Crippen LogP contribution in [0.2, 0.25) is 0 Å². The minimum atomic E-state index is -4.64. The smallest absolute Gasteiger partial charge is 0.472 e. The molecular formula is C45H78NO9P. The van der Waals surface area contributed by atoms with Crippen LogP contribution >= 0.6 is 7.82 Å². The Hall–Kier alpha value is -2.59. The molecule has 0 aromatic rings. The molecule has 0 amide bonds. The fourth-order valence-electron chi connectivity index (χ4n) is 5.40. The van der Waals surface area contributed by atoms with Gasteiger partial charge in [-0.25, -0.2) is 4.57 Å². The molecule has 4 N–H and O–H groups in total. The van der Waals surface area contributed by atoms with E-state index in [0.717, 1.165) is 57.8 Å². The highest BCUT2D eigenvalue weighted by atomic mass is 31.2. The van der Waals surface area contributed by atoms with Crippen LogP contribution in [0, 0.1) is 0 Å². The van der Waals surface area contributed by atoms with E-state index < -0.39 is 45.1 Å². The fraction of sp³-hybridized carbons (Fsp3) is 0.689. The summed E-state index contributed by atoms with van der Waals surface area (Å²) in [5.41, 5.74) is 5.35. The van der Waals surface area contributed by atoms with Gasteiger partial charge in [-0.15, -0.1) is 0 Å². The van der Waals surface area contributed by atoms with Gasteiger partial charge in [0.1, 0.15) is 12.1 Å². The molecule has 0 rings (SSSR count). The molecule has 0 radical (unpaired) electrons. The topological polar surface area (TPSA) is 155 Å². The van der Waals surface area contributed by atoms with Crippen LogP contribution in [0.1, 0.15) is 162 Å². The summed E-state index contributed by atoms with van der Waals surface area (Å²) >= 11 is 0. The van der Waals surface area contributed by atoms with Crippen molar-refractivity contribution in [3.05, 3.63) is 72.9 Å². The molecule has 0 saturated heterocycles. The minimum Gasteiger partial charge on any atom is -0.480 e. The van der Waals surface area contributed by atoms with Gasteiger partial charge in [-0.05, 0) is 77.0 Å². The second-order valence-corrected chi connectivity index (χ2v) is 15.5. The Morgan fingerprint density at radius 2 is 1.04 bits per heavy atom. The lowest BCUT2D eigenvalue weighted by atomic mass is 10.1. The van der Waals surface area contributed by atoms with Crippen molar-refractivity contribution in [3.63, 3.8) is 0 Å². The van der Waals surface area contributed by atoms with Crippen LogP contribution < -0.4 is 5.73 Å². The number of nitrogens with two attached hydrogens (primary N) is 1. The summed E-state index contributed by atoms with van der Waals surface area (Å²) in [5, 5.41) is 8.89. The van der Waals surface area contributed by atoms with Gasteiger partial charge < -0.3 is 25.2 Å². The molecule has 0 aliphatic carbocycles. The first-order valence-corrected chi connectivity index (χ1v) is 23.0. The van der Waals surface area contributed by atoms with Gasteiger partial charge in [-0.1, -0.05) is 151 Å². The average Bonchev–Trinajstić information content (AvgIpc) is 3.18. The van der Waals surface area contributed by atoms with Crippen molar-refractivity contribution in [1.82, 2.24) is 0 Å². The number of carbonyl (C=O) groups is 2. The van der Waals surface area contributed by atoms with Crippen molar-refractivity contribution in [2.24, 2.45) is 5.73 Å². The Balaban J connectivity index is 4.37. The maximum atomic E-state index is 12.6. The first kappa shape index (κ1) is 53.4. The fourth-order valence-corrected chi connectivity index (χ4v) is 6.18. The van der Waals surface area contributed by atoms with Gasteiger partial charge in [-0.3, -0.25) is 18.6 Å². The molecule has 3 atom stereocenters. The molecule has 56 heavy (non-hydrogen) atoms. The predicted molar refractivity (Wildman–Crippen MR) is 230 cm³/mol. The van der Waals surface area contributed by atoms with Gasteiger partial charge in [0.05, 0.1) is 19.8 Å². The van der Waals surface area contributed by atoms with E-state index in [1.807, 2.05) is 6.08 Å². The first-order chi connectivity index (χ1) is 27.2. The number of unbranched alkanes of at least 4 members (excludes halogenated alkanes) is 14. The zero-order valence-electron chi connectivity index (χ0n) is 35.0. The van der Waals surface area contributed by atoms with Crippen molar-refractivity contribution in [2.45, 2.75) is 174 Å². The van der Waals surface area contributed by atoms with Crippen molar-refractivity contribution >= 4 is 19.8 Å². The van der Waals surface area contributed by atoms with Gasteiger partial charge in [0.2, 0.25) is 0 Å². The maximum absolute atomic E-state index is 12.6. The number of phosphoric acid groups is 1. The molecule has 10 nitrogen and oxygen atoms in total. The molecule has 0 aromatic heterocycles. The van der Waals surface area contributed by atoms with E-state index in [2.05, 4.69) is 80.7 Å². The lowest BCUT2D eigenvalue weighted by Gasteiger charge is -2.20. The van der Waals surface area contributed by atoms with Crippen molar-refractivity contribution in [2.75, 3.05) is 26.4 Å². The third-order valence-corrected chi connectivity index (χ3v) is 9.67. The Kier molecular flexibility index (Phi) is 38.7. The van der Waals surface area contributed by atoms with Crippen molar-refractivity contribution < 1.29 is 42.7 Å². The number of hydrogen-bond donors (Lipinski definition) is 3. The van der Waals surface area contributed by atoms with Crippen LogP contribution in [0.5, 0.6) is 0 Å². The standard InChI is InChI=1S/C45H78NO9P/c1-3-5-7-9-11-13-15-17-19-21-23-25-27-29-31-33-35-37-44(47)55-42(40-53-56(50,51)54-41-43(46)45(48)49)39-52-38-36-34-32-30-28-26-24-22-20-18-16-14-12-10-8-6-4-2/h5,7,11,13,17,19-20,22-23,25,29,31,42-43H,3-4,6,8-10,12,14-16,18,21,24,26-28,30,32-41,46H2,1-2H3,(H,48,49)(H,50,51)/b7-5-,13-11-,19-17-,22-20-,25-23-,31-29-. The normalized spacial score (nSPS) is 14.6. The van der Waals surface area contributed by atoms with Crippen LogP contribution in [-0.2, 0) is 32.7 Å². The van der Waals surface area contributed by atoms with E-state index in [-0.39, 0.29) is 13.0 Å². The number of carboxylic acid groups (broad SMARTS) is 1. The quantitative estimate of drug-likeness (QED) is 0.0236. The summed E-state index contributed by atoms with van der Waals surface area (Å²) in [7, 11) is -4.64. The molecule has 0 heterocycles. The van der Waals surface area contributed by atoms with Gasteiger partial charge in [-0.2, -0.15) is 0 Å². The summed E-state index contributed by atoms with van der Waals surface area (Å²) in [6, 6.07) is -1.49. The van der Waals surface area contributed by atoms with Gasteiger partial charge in [0, 0.05) is 13.0 Å². The summed E-state index contributed by atoms with van der Waals surface area (Å²) in [6.45, 7) is 3.67. The molecule has 0 saturated carbocycles. The van der Waals surface area contributed by atoms with Crippen molar-refractivity contribution in [1.29, 1.82) is 0 Å². The van der Waals surface area contributed by atoms with Crippen LogP contribution in [0.15, 0.2) is 72.9 Å². The third kappa shape index (κ3) is 39.6. The monoisotopic (exact) mass is 808 g/mol.